The zero-order valence-electron chi connectivity index (χ0n) is 11.3. The van der Waals surface area contributed by atoms with E-state index in [1.807, 2.05) is 12.1 Å². The van der Waals surface area contributed by atoms with E-state index in [4.69, 9.17) is 9.47 Å². The second-order valence-electron chi connectivity index (χ2n) is 4.75. The summed E-state index contributed by atoms with van der Waals surface area (Å²) in [6.07, 6.45) is 0. The maximum absolute atomic E-state index is 12.1. The lowest BCUT2D eigenvalue weighted by molar-refractivity contribution is 0.0484. The molecule has 0 spiro atoms. The van der Waals surface area contributed by atoms with Crippen LogP contribution < -0.4 is 0 Å². The van der Waals surface area contributed by atoms with E-state index in [1.54, 1.807) is 20.3 Å². The highest BCUT2D eigenvalue weighted by molar-refractivity contribution is 6.02. The Balaban J connectivity index is 3.14. The van der Waals surface area contributed by atoms with E-state index >= 15 is 0 Å². The van der Waals surface area contributed by atoms with E-state index < -0.39 is 5.60 Å². The molecule has 1 aromatic rings. The Hall–Kier alpha value is -1.23. The first-order chi connectivity index (χ1) is 8.40. The molecular formula is C14H20O4. The minimum atomic E-state index is -1.38. The summed E-state index contributed by atoms with van der Waals surface area (Å²) in [5, 5.41) is 9.79. The number of hydrogen-bond donors (Lipinski definition) is 1. The second kappa shape index (κ2) is 6.09. The normalized spacial score (nSPS) is 11.6. The minimum absolute atomic E-state index is 0.307. The van der Waals surface area contributed by atoms with Crippen LogP contribution in [0.25, 0.3) is 0 Å². The molecule has 0 unspecified atom stereocenters. The lowest BCUT2D eigenvalue weighted by Gasteiger charge is -2.18. The third-order valence-corrected chi connectivity index (χ3v) is 2.58. The van der Waals surface area contributed by atoms with Crippen molar-refractivity contribution in [3.8, 4) is 0 Å². The van der Waals surface area contributed by atoms with Crippen LogP contribution in [-0.4, -0.2) is 30.7 Å². The van der Waals surface area contributed by atoms with Crippen LogP contribution in [0.2, 0.25) is 0 Å². The van der Waals surface area contributed by atoms with E-state index in [9.17, 15) is 9.90 Å². The summed E-state index contributed by atoms with van der Waals surface area (Å²) in [5.41, 5.74) is 0.839. The first kappa shape index (κ1) is 14.8. The van der Waals surface area contributed by atoms with Crippen LogP contribution in [0.4, 0.5) is 0 Å². The Labute approximate surface area is 108 Å². The highest BCUT2D eigenvalue weighted by atomic mass is 16.5. The number of carbonyl (C=O) groups is 1. The van der Waals surface area contributed by atoms with Gasteiger partial charge < -0.3 is 14.6 Å². The second-order valence-corrected chi connectivity index (χ2v) is 4.75. The van der Waals surface area contributed by atoms with Crippen molar-refractivity contribution in [2.24, 2.45) is 0 Å². The van der Waals surface area contributed by atoms with Gasteiger partial charge in [0.15, 0.2) is 5.78 Å². The molecule has 0 fully saturated rings. The van der Waals surface area contributed by atoms with Crippen molar-refractivity contribution in [3.63, 3.8) is 0 Å². The predicted molar refractivity (Wildman–Crippen MR) is 68.5 cm³/mol. The molecule has 1 N–H and O–H groups in total. The predicted octanol–water partition coefficient (Wildman–Crippen LogP) is 1.93. The molecule has 4 heteroatoms. The summed E-state index contributed by atoms with van der Waals surface area (Å²) in [7, 11) is 3.19. The molecule has 0 aliphatic heterocycles. The molecule has 0 saturated carbocycles. The van der Waals surface area contributed by atoms with Gasteiger partial charge in [0.1, 0.15) is 5.60 Å². The van der Waals surface area contributed by atoms with Gasteiger partial charge in [-0.1, -0.05) is 18.2 Å². The Bertz CT molecular complexity index is 418. The number of hydrogen-bond acceptors (Lipinski definition) is 4. The van der Waals surface area contributed by atoms with E-state index in [0.29, 0.717) is 18.8 Å². The van der Waals surface area contributed by atoms with E-state index in [-0.39, 0.29) is 5.78 Å². The van der Waals surface area contributed by atoms with Crippen LogP contribution in [0.3, 0.4) is 0 Å². The maximum Gasteiger partial charge on any atom is 0.194 e. The summed E-state index contributed by atoms with van der Waals surface area (Å²) >= 11 is 0. The molecule has 0 amide bonds. The monoisotopic (exact) mass is 252 g/mol. The molecule has 0 atom stereocenters. The fourth-order valence-electron chi connectivity index (χ4n) is 1.73. The standard InChI is InChI=1S/C14H20O4/c1-14(2,16)13(15)12-6-5-10(8-17-3)7-11(12)9-18-4/h5-7,16H,8-9H2,1-4H3. The first-order valence-electron chi connectivity index (χ1n) is 5.77. The molecule has 0 aromatic heterocycles. The fourth-order valence-corrected chi connectivity index (χ4v) is 1.73. The Morgan fingerprint density at radius 2 is 1.83 bits per heavy atom. The smallest absolute Gasteiger partial charge is 0.194 e. The van der Waals surface area contributed by atoms with Crippen LogP contribution >= 0.6 is 0 Å². The van der Waals surface area contributed by atoms with Crippen molar-refractivity contribution in [1.82, 2.24) is 0 Å². The molecule has 0 bridgehead atoms. The van der Waals surface area contributed by atoms with Gasteiger partial charge in [-0.25, -0.2) is 0 Å². The average molecular weight is 252 g/mol. The van der Waals surface area contributed by atoms with Crippen molar-refractivity contribution < 1.29 is 19.4 Å². The van der Waals surface area contributed by atoms with Crippen LogP contribution in [-0.2, 0) is 22.7 Å². The van der Waals surface area contributed by atoms with Crippen LogP contribution in [0.1, 0.15) is 35.3 Å². The van der Waals surface area contributed by atoms with Crippen LogP contribution in [0.5, 0.6) is 0 Å². The number of rotatable bonds is 6. The fraction of sp³-hybridized carbons (Fsp3) is 0.500. The van der Waals surface area contributed by atoms with Crippen molar-refractivity contribution in [2.75, 3.05) is 14.2 Å². The summed E-state index contributed by atoms with van der Waals surface area (Å²) in [6.45, 7) is 3.77. The molecular weight excluding hydrogens is 232 g/mol. The van der Waals surface area contributed by atoms with E-state index in [1.165, 1.54) is 13.8 Å². The number of ketones is 1. The van der Waals surface area contributed by atoms with Crippen LogP contribution in [0, 0.1) is 0 Å². The third kappa shape index (κ3) is 3.63. The van der Waals surface area contributed by atoms with Crippen molar-refractivity contribution in [3.05, 3.63) is 34.9 Å². The van der Waals surface area contributed by atoms with Gasteiger partial charge in [0.05, 0.1) is 13.2 Å². The summed E-state index contributed by atoms with van der Waals surface area (Å²) in [5.74, 6) is -0.307. The minimum Gasteiger partial charge on any atom is -0.382 e. The molecule has 0 aliphatic carbocycles. The summed E-state index contributed by atoms with van der Waals surface area (Å²) in [6, 6.07) is 5.40. The van der Waals surface area contributed by atoms with Gasteiger partial charge in [0, 0.05) is 19.8 Å². The van der Waals surface area contributed by atoms with E-state index in [2.05, 4.69) is 0 Å². The number of ether oxygens (including phenoxy) is 2. The number of methoxy groups -OCH3 is 2. The molecule has 0 heterocycles. The van der Waals surface area contributed by atoms with Gasteiger partial charge in [0.2, 0.25) is 0 Å². The highest BCUT2D eigenvalue weighted by Crippen LogP contribution is 2.19. The largest absolute Gasteiger partial charge is 0.382 e. The quantitative estimate of drug-likeness (QED) is 0.786. The lowest BCUT2D eigenvalue weighted by atomic mass is 9.92. The molecule has 0 radical (unpaired) electrons. The summed E-state index contributed by atoms with van der Waals surface area (Å²) in [4.78, 5) is 12.1. The topological polar surface area (TPSA) is 55.8 Å². The van der Waals surface area contributed by atoms with Gasteiger partial charge in [-0.2, -0.15) is 0 Å². The Morgan fingerprint density at radius 1 is 1.22 bits per heavy atom. The van der Waals surface area contributed by atoms with Crippen molar-refractivity contribution in [2.45, 2.75) is 32.7 Å². The Kier molecular flexibility index (Phi) is 5.02. The molecule has 4 nitrogen and oxygen atoms in total. The van der Waals surface area contributed by atoms with Gasteiger partial charge in [-0.15, -0.1) is 0 Å². The third-order valence-electron chi connectivity index (χ3n) is 2.58. The van der Waals surface area contributed by atoms with Gasteiger partial charge in [-0.3, -0.25) is 4.79 Å². The number of benzene rings is 1. The zero-order chi connectivity index (χ0) is 13.8. The average Bonchev–Trinajstić information content (AvgIpc) is 2.28. The van der Waals surface area contributed by atoms with E-state index in [0.717, 1.165) is 11.1 Å². The van der Waals surface area contributed by atoms with Crippen LogP contribution in [0.15, 0.2) is 18.2 Å². The summed E-state index contributed by atoms with van der Waals surface area (Å²) < 4.78 is 10.1. The molecule has 1 aromatic carbocycles. The molecule has 100 valence electrons. The first-order valence-corrected chi connectivity index (χ1v) is 5.77. The highest BCUT2D eigenvalue weighted by Gasteiger charge is 2.27. The Morgan fingerprint density at radius 3 is 2.33 bits per heavy atom. The van der Waals surface area contributed by atoms with Gasteiger partial charge in [0.25, 0.3) is 0 Å². The number of carbonyl (C=O) groups excluding carboxylic acids is 1. The van der Waals surface area contributed by atoms with Gasteiger partial charge in [-0.05, 0) is 25.0 Å². The zero-order valence-corrected chi connectivity index (χ0v) is 11.3. The number of aliphatic hydroxyl groups is 1. The molecule has 0 aliphatic rings. The molecule has 1 rings (SSSR count). The van der Waals surface area contributed by atoms with Crippen molar-refractivity contribution >= 4 is 5.78 Å². The lowest BCUT2D eigenvalue weighted by Crippen LogP contribution is -2.32. The van der Waals surface area contributed by atoms with Gasteiger partial charge >= 0.3 is 0 Å². The SMILES string of the molecule is COCc1ccc(C(=O)C(C)(C)O)c(COC)c1. The maximum atomic E-state index is 12.1. The molecule has 0 saturated heterocycles. The molecule has 18 heavy (non-hydrogen) atoms. The van der Waals surface area contributed by atoms with Crippen molar-refractivity contribution in [1.29, 1.82) is 0 Å². The number of Topliss-reactive ketones (excluding diaryl/α,β-unsaturated/α-hetero) is 1.